The highest BCUT2D eigenvalue weighted by Gasteiger charge is 2.32. The van der Waals surface area contributed by atoms with Crippen molar-refractivity contribution in [2.75, 3.05) is 5.32 Å². The average molecular weight is 243 g/mol. The fourth-order valence-electron chi connectivity index (χ4n) is 1.25. The number of alkyl halides is 3. The second kappa shape index (κ2) is 5.48. The molecule has 0 aliphatic rings. The predicted molar refractivity (Wildman–Crippen MR) is 59.7 cm³/mol. The summed E-state index contributed by atoms with van der Waals surface area (Å²) in [6.07, 6.45) is 1.13. The van der Waals surface area contributed by atoms with Gasteiger partial charge < -0.3 is 10.1 Å². The fraction of sp³-hybridized carbons (Fsp3) is 0.333. The van der Waals surface area contributed by atoms with Crippen LogP contribution in [0.15, 0.2) is 24.3 Å². The van der Waals surface area contributed by atoms with Crippen LogP contribution in [0.2, 0.25) is 0 Å². The Kier molecular flexibility index (Phi) is 4.27. The van der Waals surface area contributed by atoms with Gasteiger partial charge in [0.1, 0.15) is 0 Å². The van der Waals surface area contributed by atoms with Gasteiger partial charge in [-0.3, -0.25) is 0 Å². The molecule has 17 heavy (non-hydrogen) atoms. The number of hydrogen-bond acceptors (Lipinski definition) is 2. The van der Waals surface area contributed by atoms with Crippen molar-refractivity contribution in [1.29, 1.82) is 0 Å². The van der Waals surface area contributed by atoms with E-state index in [1.54, 1.807) is 6.07 Å². The maximum atomic E-state index is 12.1. The van der Waals surface area contributed by atoms with Crippen LogP contribution in [0, 0.1) is 12.3 Å². The van der Waals surface area contributed by atoms with Crippen molar-refractivity contribution < 1.29 is 17.9 Å². The van der Waals surface area contributed by atoms with Gasteiger partial charge in [0.15, 0.2) is 5.75 Å². The van der Waals surface area contributed by atoms with Gasteiger partial charge in [-0.15, -0.1) is 19.6 Å². The maximum Gasteiger partial charge on any atom is 0.573 e. The minimum absolute atomic E-state index is 0.231. The van der Waals surface area contributed by atoms with Gasteiger partial charge in [0.2, 0.25) is 0 Å². The molecule has 0 aliphatic carbocycles. The first-order valence-electron chi connectivity index (χ1n) is 5.03. The van der Waals surface area contributed by atoms with Crippen molar-refractivity contribution >= 4 is 5.69 Å². The van der Waals surface area contributed by atoms with Crippen LogP contribution in [0.3, 0.4) is 0 Å². The molecule has 1 aromatic carbocycles. The standard InChI is InChI=1S/C12H12F3NO/c1-3-9(4-2)16-10-7-5-6-8-11(10)17-12(13,14)15/h1,5-9,16H,4H2,2H3. The molecule has 0 fully saturated rings. The molecule has 0 radical (unpaired) electrons. The van der Waals surface area contributed by atoms with Gasteiger partial charge in [0, 0.05) is 0 Å². The predicted octanol–water partition coefficient (Wildman–Crippen LogP) is 3.41. The van der Waals surface area contributed by atoms with Crippen molar-refractivity contribution in [2.24, 2.45) is 0 Å². The van der Waals surface area contributed by atoms with Gasteiger partial charge in [0.05, 0.1) is 11.7 Å². The van der Waals surface area contributed by atoms with E-state index in [9.17, 15) is 13.2 Å². The van der Waals surface area contributed by atoms with Crippen LogP contribution >= 0.6 is 0 Å². The molecular formula is C12H12F3NO. The second-order valence-corrected chi connectivity index (χ2v) is 3.32. The first-order valence-corrected chi connectivity index (χ1v) is 5.03. The molecule has 0 aromatic heterocycles. The third-order valence-corrected chi connectivity index (χ3v) is 2.05. The molecule has 1 unspecified atom stereocenters. The molecule has 5 heteroatoms. The van der Waals surface area contributed by atoms with Gasteiger partial charge in [-0.25, -0.2) is 0 Å². The molecule has 0 bridgehead atoms. The second-order valence-electron chi connectivity index (χ2n) is 3.32. The minimum Gasteiger partial charge on any atom is -0.404 e. The summed E-state index contributed by atoms with van der Waals surface area (Å²) in [6, 6.07) is 5.46. The Hall–Kier alpha value is -1.83. The Bertz CT molecular complexity index is 409. The van der Waals surface area contributed by atoms with Crippen molar-refractivity contribution in [3.05, 3.63) is 24.3 Å². The van der Waals surface area contributed by atoms with Crippen molar-refractivity contribution in [2.45, 2.75) is 25.7 Å². The van der Waals surface area contributed by atoms with Crippen LogP contribution in [-0.4, -0.2) is 12.4 Å². The van der Waals surface area contributed by atoms with E-state index in [1.165, 1.54) is 18.2 Å². The van der Waals surface area contributed by atoms with Crippen molar-refractivity contribution in [3.8, 4) is 18.1 Å². The van der Waals surface area contributed by atoms with Crippen LogP contribution in [0.5, 0.6) is 5.75 Å². The number of para-hydroxylation sites is 2. The van der Waals surface area contributed by atoms with E-state index in [0.29, 0.717) is 6.42 Å². The topological polar surface area (TPSA) is 21.3 Å². The zero-order valence-corrected chi connectivity index (χ0v) is 9.21. The van der Waals surface area contributed by atoms with Gasteiger partial charge in [-0.05, 0) is 18.6 Å². The van der Waals surface area contributed by atoms with Crippen LogP contribution in [0.25, 0.3) is 0 Å². The van der Waals surface area contributed by atoms with E-state index < -0.39 is 6.36 Å². The largest absolute Gasteiger partial charge is 0.573 e. The lowest BCUT2D eigenvalue weighted by atomic mass is 10.2. The van der Waals surface area contributed by atoms with Crippen LogP contribution < -0.4 is 10.1 Å². The number of benzene rings is 1. The quantitative estimate of drug-likeness (QED) is 0.818. The third kappa shape index (κ3) is 4.27. The highest BCUT2D eigenvalue weighted by atomic mass is 19.4. The molecule has 0 saturated heterocycles. The van der Waals surface area contributed by atoms with E-state index >= 15 is 0 Å². The van der Waals surface area contributed by atoms with Gasteiger partial charge in [0.25, 0.3) is 0 Å². The number of hydrogen-bond donors (Lipinski definition) is 1. The molecule has 0 heterocycles. The SMILES string of the molecule is C#CC(CC)Nc1ccccc1OC(F)(F)F. The zero-order chi connectivity index (χ0) is 12.9. The average Bonchev–Trinajstić information content (AvgIpc) is 2.26. The highest BCUT2D eigenvalue weighted by molar-refractivity contribution is 5.57. The molecule has 0 amide bonds. The lowest BCUT2D eigenvalue weighted by Gasteiger charge is -2.17. The monoisotopic (exact) mass is 243 g/mol. The Balaban J connectivity index is 2.89. The molecule has 92 valence electrons. The Morgan fingerprint density at radius 2 is 2.06 bits per heavy atom. The minimum atomic E-state index is -4.71. The lowest BCUT2D eigenvalue weighted by molar-refractivity contribution is -0.274. The molecule has 1 aromatic rings. The number of terminal acetylenes is 1. The van der Waals surface area contributed by atoms with Gasteiger partial charge in [-0.1, -0.05) is 25.0 Å². The molecule has 1 atom stereocenters. The van der Waals surface area contributed by atoms with E-state index in [4.69, 9.17) is 6.42 Å². The smallest absolute Gasteiger partial charge is 0.404 e. The first kappa shape index (κ1) is 13.2. The van der Waals surface area contributed by atoms with Crippen LogP contribution in [0.1, 0.15) is 13.3 Å². The molecule has 0 saturated carbocycles. The molecular weight excluding hydrogens is 231 g/mol. The van der Waals surface area contributed by atoms with E-state index in [-0.39, 0.29) is 17.5 Å². The van der Waals surface area contributed by atoms with Crippen LogP contribution in [0.4, 0.5) is 18.9 Å². The number of nitrogens with one attached hydrogen (secondary N) is 1. The van der Waals surface area contributed by atoms with Crippen LogP contribution in [-0.2, 0) is 0 Å². The summed E-state index contributed by atoms with van der Waals surface area (Å²) in [5, 5.41) is 2.81. The summed E-state index contributed by atoms with van der Waals surface area (Å²) in [7, 11) is 0. The van der Waals surface area contributed by atoms with Crippen molar-refractivity contribution in [1.82, 2.24) is 0 Å². The molecule has 0 spiro atoms. The number of halogens is 3. The summed E-state index contributed by atoms with van der Waals surface area (Å²) in [5.41, 5.74) is 0.231. The maximum absolute atomic E-state index is 12.1. The Morgan fingerprint density at radius 3 is 2.59 bits per heavy atom. The summed E-state index contributed by atoms with van der Waals surface area (Å²) < 4.78 is 40.3. The first-order chi connectivity index (χ1) is 7.96. The van der Waals surface area contributed by atoms with Gasteiger partial charge >= 0.3 is 6.36 Å². The summed E-state index contributed by atoms with van der Waals surface area (Å²) in [4.78, 5) is 0. The zero-order valence-electron chi connectivity index (χ0n) is 9.21. The van der Waals surface area contributed by atoms with E-state index in [0.717, 1.165) is 0 Å². The normalized spacial score (nSPS) is 12.6. The highest BCUT2D eigenvalue weighted by Crippen LogP contribution is 2.30. The van der Waals surface area contributed by atoms with E-state index in [1.807, 2.05) is 6.92 Å². The molecule has 0 aliphatic heterocycles. The number of ether oxygens (including phenoxy) is 1. The van der Waals surface area contributed by atoms with E-state index in [2.05, 4.69) is 16.0 Å². The fourth-order valence-corrected chi connectivity index (χ4v) is 1.25. The Morgan fingerprint density at radius 1 is 1.41 bits per heavy atom. The molecule has 1 N–H and O–H groups in total. The molecule has 1 rings (SSSR count). The molecule has 2 nitrogen and oxygen atoms in total. The summed E-state index contributed by atoms with van der Waals surface area (Å²) in [5.74, 6) is 2.16. The summed E-state index contributed by atoms with van der Waals surface area (Å²) >= 11 is 0. The third-order valence-electron chi connectivity index (χ3n) is 2.05. The van der Waals surface area contributed by atoms with Crippen molar-refractivity contribution in [3.63, 3.8) is 0 Å². The lowest BCUT2D eigenvalue weighted by Crippen LogP contribution is -2.20. The number of anilines is 1. The van der Waals surface area contributed by atoms with Gasteiger partial charge in [-0.2, -0.15) is 0 Å². The summed E-state index contributed by atoms with van der Waals surface area (Å²) in [6.45, 7) is 1.84. The number of rotatable bonds is 4. The Labute approximate surface area is 97.8 Å².